The van der Waals surface area contributed by atoms with Gasteiger partial charge in [-0.1, -0.05) is 16.8 Å². The van der Waals surface area contributed by atoms with E-state index < -0.39 is 0 Å². The Kier molecular flexibility index (Phi) is 4.98. The standard InChI is InChI=1S/C21H19ClN4O3/c1-13-17(14(2)29-24-13)12-25(3)21(27)18-11-19(20-5-4-10-28-20)26(23-18)16-8-6-15(22)7-9-16/h4-11H,12H2,1-3H3. The number of carbonyl (C=O) groups is 1. The molecule has 0 saturated heterocycles. The zero-order valence-corrected chi connectivity index (χ0v) is 17.0. The molecule has 0 radical (unpaired) electrons. The molecule has 0 aliphatic rings. The first-order valence-corrected chi connectivity index (χ1v) is 9.39. The molecule has 0 saturated carbocycles. The molecule has 0 bridgehead atoms. The highest BCUT2D eigenvalue weighted by Gasteiger charge is 2.22. The molecule has 0 spiro atoms. The van der Waals surface area contributed by atoms with E-state index in [-0.39, 0.29) is 5.91 Å². The molecule has 0 unspecified atom stereocenters. The maximum atomic E-state index is 13.1. The second-order valence-corrected chi connectivity index (χ2v) is 7.18. The Balaban J connectivity index is 1.69. The van der Waals surface area contributed by atoms with Crippen molar-refractivity contribution in [3.8, 4) is 17.1 Å². The van der Waals surface area contributed by atoms with Crippen molar-refractivity contribution in [3.63, 3.8) is 0 Å². The maximum Gasteiger partial charge on any atom is 0.274 e. The minimum atomic E-state index is -0.217. The number of carbonyl (C=O) groups excluding carboxylic acids is 1. The number of aromatic nitrogens is 3. The van der Waals surface area contributed by atoms with E-state index in [1.807, 2.05) is 32.0 Å². The van der Waals surface area contributed by atoms with Gasteiger partial charge in [0.25, 0.3) is 5.91 Å². The van der Waals surface area contributed by atoms with Crippen LogP contribution in [-0.4, -0.2) is 32.8 Å². The van der Waals surface area contributed by atoms with Gasteiger partial charge in [0.2, 0.25) is 0 Å². The van der Waals surface area contributed by atoms with Crippen LogP contribution in [0.15, 0.2) is 57.7 Å². The molecular formula is C21H19ClN4O3. The highest BCUT2D eigenvalue weighted by molar-refractivity contribution is 6.30. The predicted molar refractivity (Wildman–Crippen MR) is 108 cm³/mol. The van der Waals surface area contributed by atoms with Gasteiger partial charge < -0.3 is 13.8 Å². The molecule has 7 nitrogen and oxygen atoms in total. The minimum Gasteiger partial charge on any atom is -0.463 e. The Labute approximate surface area is 172 Å². The molecule has 0 aliphatic carbocycles. The van der Waals surface area contributed by atoms with Crippen molar-refractivity contribution in [3.05, 3.63) is 76.5 Å². The van der Waals surface area contributed by atoms with Crippen LogP contribution in [-0.2, 0) is 6.54 Å². The SMILES string of the molecule is Cc1noc(C)c1CN(C)C(=O)c1cc(-c2ccco2)n(-c2ccc(Cl)cc2)n1. The van der Waals surface area contributed by atoms with Crippen LogP contribution in [0.1, 0.15) is 27.5 Å². The zero-order chi connectivity index (χ0) is 20.5. The fourth-order valence-electron chi connectivity index (χ4n) is 3.10. The minimum absolute atomic E-state index is 0.217. The highest BCUT2D eigenvalue weighted by Crippen LogP contribution is 2.26. The number of benzene rings is 1. The van der Waals surface area contributed by atoms with Gasteiger partial charge in [0.15, 0.2) is 11.5 Å². The number of rotatable bonds is 5. The molecule has 4 rings (SSSR count). The third kappa shape index (κ3) is 3.69. The van der Waals surface area contributed by atoms with Gasteiger partial charge in [-0.05, 0) is 50.2 Å². The fourth-order valence-corrected chi connectivity index (χ4v) is 3.22. The normalized spacial score (nSPS) is 11.0. The summed E-state index contributed by atoms with van der Waals surface area (Å²) in [5.74, 6) is 1.09. The van der Waals surface area contributed by atoms with Gasteiger partial charge in [0, 0.05) is 23.7 Å². The lowest BCUT2D eigenvalue weighted by atomic mass is 10.2. The molecule has 1 aromatic carbocycles. The summed E-state index contributed by atoms with van der Waals surface area (Å²) >= 11 is 6.01. The lowest BCUT2D eigenvalue weighted by molar-refractivity contribution is 0.0778. The zero-order valence-electron chi connectivity index (χ0n) is 16.2. The summed E-state index contributed by atoms with van der Waals surface area (Å²) in [6.07, 6.45) is 1.58. The largest absolute Gasteiger partial charge is 0.463 e. The summed E-state index contributed by atoms with van der Waals surface area (Å²) < 4.78 is 12.4. The number of aryl methyl sites for hydroxylation is 2. The van der Waals surface area contributed by atoms with Gasteiger partial charge in [0.05, 0.1) is 24.2 Å². The number of hydrogen-bond donors (Lipinski definition) is 0. The van der Waals surface area contributed by atoms with Crippen LogP contribution in [0.5, 0.6) is 0 Å². The molecule has 3 heterocycles. The fraction of sp³-hybridized carbons (Fsp3) is 0.190. The van der Waals surface area contributed by atoms with E-state index in [1.165, 1.54) is 0 Å². The average Bonchev–Trinajstić information content (AvgIpc) is 3.44. The van der Waals surface area contributed by atoms with Crippen molar-refractivity contribution < 1.29 is 13.7 Å². The van der Waals surface area contributed by atoms with Gasteiger partial charge in [-0.3, -0.25) is 4.79 Å². The van der Waals surface area contributed by atoms with Gasteiger partial charge >= 0.3 is 0 Å². The number of furan rings is 1. The predicted octanol–water partition coefficient (Wildman–Crippen LogP) is 4.66. The van der Waals surface area contributed by atoms with Crippen molar-refractivity contribution in [1.82, 2.24) is 19.8 Å². The van der Waals surface area contributed by atoms with Gasteiger partial charge in [0.1, 0.15) is 11.5 Å². The van der Waals surface area contributed by atoms with Crippen molar-refractivity contribution in [2.24, 2.45) is 0 Å². The molecule has 0 fully saturated rings. The Morgan fingerprint density at radius 2 is 1.97 bits per heavy atom. The summed E-state index contributed by atoms with van der Waals surface area (Å²) in [6, 6.07) is 12.6. The number of nitrogens with zero attached hydrogens (tertiary/aromatic N) is 4. The molecular weight excluding hydrogens is 392 g/mol. The third-order valence-electron chi connectivity index (χ3n) is 4.70. The first-order chi connectivity index (χ1) is 13.9. The van der Waals surface area contributed by atoms with E-state index in [9.17, 15) is 4.79 Å². The van der Waals surface area contributed by atoms with E-state index in [1.54, 1.807) is 47.2 Å². The Morgan fingerprint density at radius 3 is 2.59 bits per heavy atom. The molecule has 1 amide bonds. The van der Waals surface area contributed by atoms with E-state index in [0.29, 0.717) is 34.5 Å². The Bertz CT molecular complexity index is 1120. The molecule has 148 valence electrons. The van der Waals surface area contributed by atoms with E-state index >= 15 is 0 Å². The lowest BCUT2D eigenvalue weighted by Gasteiger charge is -2.15. The average molecular weight is 411 g/mol. The molecule has 29 heavy (non-hydrogen) atoms. The van der Waals surface area contributed by atoms with E-state index in [4.69, 9.17) is 20.5 Å². The Morgan fingerprint density at radius 1 is 1.21 bits per heavy atom. The number of hydrogen-bond acceptors (Lipinski definition) is 5. The Hall–Kier alpha value is -3.32. The van der Waals surface area contributed by atoms with Gasteiger partial charge in [-0.25, -0.2) is 4.68 Å². The first-order valence-electron chi connectivity index (χ1n) is 9.01. The third-order valence-corrected chi connectivity index (χ3v) is 4.95. The van der Waals surface area contributed by atoms with Crippen molar-refractivity contribution >= 4 is 17.5 Å². The molecule has 4 aromatic rings. The van der Waals surface area contributed by atoms with Crippen molar-refractivity contribution in [2.75, 3.05) is 7.05 Å². The summed E-state index contributed by atoms with van der Waals surface area (Å²) in [5.41, 5.74) is 3.41. The molecule has 0 N–H and O–H groups in total. The molecule has 8 heteroatoms. The van der Waals surface area contributed by atoms with Crippen LogP contribution in [0.2, 0.25) is 5.02 Å². The van der Waals surface area contributed by atoms with Crippen molar-refractivity contribution in [2.45, 2.75) is 20.4 Å². The quantitative estimate of drug-likeness (QED) is 0.478. The maximum absolute atomic E-state index is 13.1. The van der Waals surface area contributed by atoms with E-state index in [0.717, 1.165) is 16.9 Å². The topological polar surface area (TPSA) is 77.3 Å². The number of amides is 1. The number of halogens is 1. The van der Waals surface area contributed by atoms with Crippen LogP contribution in [0, 0.1) is 13.8 Å². The summed E-state index contributed by atoms with van der Waals surface area (Å²) in [5, 5.41) is 9.11. The van der Waals surface area contributed by atoms with Crippen LogP contribution in [0.4, 0.5) is 0 Å². The van der Waals surface area contributed by atoms with Crippen LogP contribution < -0.4 is 0 Å². The van der Waals surface area contributed by atoms with Gasteiger partial charge in [-0.15, -0.1) is 0 Å². The summed E-state index contributed by atoms with van der Waals surface area (Å²) in [7, 11) is 1.72. The smallest absolute Gasteiger partial charge is 0.274 e. The highest BCUT2D eigenvalue weighted by atomic mass is 35.5. The monoisotopic (exact) mass is 410 g/mol. The lowest BCUT2D eigenvalue weighted by Crippen LogP contribution is -2.27. The van der Waals surface area contributed by atoms with Crippen LogP contribution in [0.3, 0.4) is 0 Å². The summed E-state index contributed by atoms with van der Waals surface area (Å²) in [6.45, 7) is 4.07. The molecule has 0 aliphatic heterocycles. The first kappa shape index (κ1) is 19.0. The van der Waals surface area contributed by atoms with Crippen molar-refractivity contribution in [1.29, 1.82) is 0 Å². The molecule has 0 atom stereocenters. The van der Waals surface area contributed by atoms with Crippen LogP contribution >= 0.6 is 11.6 Å². The van der Waals surface area contributed by atoms with Gasteiger partial charge in [-0.2, -0.15) is 5.10 Å². The summed E-state index contributed by atoms with van der Waals surface area (Å²) in [4.78, 5) is 14.7. The van der Waals surface area contributed by atoms with Crippen LogP contribution in [0.25, 0.3) is 17.1 Å². The second-order valence-electron chi connectivity index (χ2n) is 6.74. The van der Waals surface area contributed by atoms with E-state index in [2.05, 4.69) is 10.3 Å². The second kappa shape index (κ2) is 7.60. The molecule has 3 aromatic heterocycles.